The van der Waals surface area contributed by atoms with Crippen LogP contribution in [-0.4, -0.2) is 61.4 Å². The van der Waals surface area contributed by atoms with Crippen LogP contribution in [0.1, 0.15) is 6.92 Å². The Kier molecular flexibility index (Phi) is 5.19. The smallest absolute Gasteiger partial charge is 0.263 e. The van der Waals surface area contributed by atoms with Crippen molar-refractivity contribution >= 4 is 34.3 Å². The van der Waals surface area contributed by atoms with E-state index in [1.807, 2.05) is 27.5 Å². The zero-order chi connectivity index (χ0) is 19.7. The molecule has 0 bridgehead atoms. The average Bonchev–Trinajstić information content (AvgIpc) is 3.13. The molecule has 0 spiro atoms. The van der Waals surface area contributed by atoms with E-state index in [2.05, 4.69) is 29.0 Å². The summed E-state index contributed by atoms with van der Waals surface area (Å²) in [6.45, 7) is 8.38. The Hall–Kier alpha value is -2.65. The molecule has 1 aromatic carbocycles. The number of hydrogen-bond donors (Lipinski definition) is 1. The van der Waals surface area contributed by atoms with Gasteiger partial charge in [0.1, 0.15) is 0 Å². The molecule has 3 aromatic rings. The largest absolute Gasteiger partial charge is 0.339 e. The van der Waals surface area contributed by atoms with E-state index in [4.69, 9.17) is 0 Å². The van der Waals surface area contributed by atoms with E-state index in [0.717, 1.165) is 12.1 Å². The topological polar surface area (TPSA) is 84.5 Å². The van der Waals surface area contributed by atoms with Gasteiger partial charge in [0.2, 0.25) is 11.7 Å². The predicted molar refractivity (Wildman–Crippen MR) is 110 cm³/mol. The second-order valence-corrected chi connectivity index (χ2v) is 7.77. The molecule has 146 valence electrons. The summed E-state index contributed by atoms with van der Waals surface area (Å²) in [4.78, 5) is 27.3. The van der Waals surface area contributed by atoms with Crippen molar-refractivity contribution in [2.24, 2.45) is 0 Å². The van der Waals surface area contributed by atoms with Crippen molar-refractivity contribution in [3.63, 3.8) is 0 Å². The normalized spacial score (nSPS) is 17.3. The summed E-state index contributed by atoms with van der Waals surface area (Å²) in [6.07, 6.45) is 1.66. The van der Waals surface area contributed by atoms with Gasteiger partial charge in [-0.2, -0.15) is 0 Å². The molecule has 1 amide bonds. The van der Waals surface area contributed by atoms with Crippen LogP contribution in [0.25, 0.3) is 16.7 Å². The number of piperazine rings is 1. The Bertz CT molecular complexity index is 1100. The third-order valence-electron chi connectivity index (χ3n) is 4.84. The van der Waals surface area contributed by atoms with Gasteiger partial charge in [-0.3, -0.25) is 18.6 Å². The molecule has 28 heavy (non-hydrogen) atoms. The van der Waals surface area contributed by atoms with Crippen molar-refractivity contribution in [3.8, 4) is 0 Å². The molecule has 4 rings (SSSR count). The number of aromatic nitrogens is 4. The number of fused-ring (bicyclic) bond motifs is 3. The minimum Gasteiger partial charge on any atom is -0.339 e. The van der Waals surface area contributed by atoms with Crippen LogP contribution in [0, 0.1) is 0 Å². The van der Waals surface area contributed by atoms with Gasteiger partial charge in [-0.1, -0.05) is 30.0 Å². The molecule has 3 heterocycles. The van der Waals surface area contributed by atoms with Crippen LogP contribution >= 0.6 is 11.8 Å². The predicted octanol–water partition coefficient (Wildman–Crippen LogP) is 1.14. The van der Waals surface area contributed by atoms with Gasteiger partial charge in [-0.05, 0) is 19.1 Å². The third kappa shape index (κ3) is 3.31. The fraction of sp³-hybridized carbons (Fsp3) is 0.368. The van der Waals surface area contributed by atoms with Crippen LogP contribution in [0.2, 0.25) is 0 Å². The minimum absolute atomic E-state index is 0.0822. The molecule has 1 fully saturated rings. The molecule has 1 N–H and O–H groups in total. The highest BCUT2D eigenvalue weighted by atomic mass is 32.2. The summed E-state index contributed by atoms with van der Waals surface area (Å²) < 4.78 is 3.39. The number of carbonyl (C=O) groups excluding carboxylic acids is 1. The second kappa shape index (κ2) is 7.76. The van der Waals surface area contributed by atoms with Gasteiger partial charge in [0.15, 0.2) is 5.16 Å². The zero-order valence-electron chi connectivity index (χ0n) is 15.7. The first kappa shape index (κ1) is 18.7. The van der Waals surface area contributed by atoms with E-state index in [9.17, 15) is 9.59 Å². The second-order valence-electron chi connectivity index (χ2n) is 6.82. The molecular formula is C19H22N6O2S. The van der Waals surface area contributed by atoms with E-state index < -0.39 is 0 Å². The van der Waals surface area contributed by atoms with Gasteiger partial charge >= 0.3 is 0 Å². The number of nitrogens with one attached hydrogen (secondary N) is 1. The summed E-state index contributed by atoms with van der Waals surface area (Å²) in [5.74, 6) is 0.816. The number of carbonyl (C=O) groups is 1. The lowest BCUT2D eigenvalue weighted by Crippen LogP contribution is -2.51. The molecular weight excluding hydrogens is 376 g/mol. The Morgan fingerprint density at radius 1 is 1.39 bits per heavy atom. The lowest BCUT2D eigenvalue weighted by Gasteiger charge is -2.31. The minimum atomic E-state index is -0.127. The standard InChI is InChI=1S/C19H22N6O2S/c1-3-9-24-17(27)14-6-4-5-7-15(14)25-18(24)21-22-19(25)28-12-16(26)23-10-8-20-13(2)11-23/h3-7,13,20H,1,8-12H2,2H3/t13-/m1/s1. The maximum Gasteiger partial charge on any atom is 0.263 e. The number of benzene rings is 1. The monoisotopic (exact) mass is 398 g/mol. The summed E-state index contributed by atoms with van der Waals surface area (Å²) in [6, 6.07) is 7.67. The summed E-state index contributed by atoms with van der Waals surface area (Å²) in [5, 5.41) is 13.0. The summed E-state index contributed by atoms with van der Waals surface area (Å²) in [5.41, 5.74) is 0.608. The number of thioether (sulfide) groups is 1. The van der Waals surface area contributed by atoms with Gasteiger partial charge in [0.25, 0.3) is 5.56 Å². The molecule has 0 aliphatic carbocycles. The van der Waals surface area contributed by atoms with Crippen molar-refractivity contribution in [1.29, 1.82) is 0 Å². The van der Waals surface area contributed by atoms with Crippen LogP contribution in [0.5, 0.6) is 0 Å². The first-order valence-corrected chi connectivity index (χ1v) is 10.2. The summed E-state index contributed by atoms with van der Waals surface area (Å²) >= 11 is 1.34. The molecule has 2 aromatic heterocycles. The Morgan fingerprint density at radius 3 is 3.00 bits per heavy atom. The number of amides is 1. The summed E-state index contributed by atoms with van der Waals surface area (Å²) in [7, 11) is 0. The van der Waals surface area contributed by atoms with E-state index in [1.54, 1.807) is 16.7 Å². The highest BCUT2D eigenvalue weighted by molar-refractivity contribution is 7.99. The highest BCUT2D eigenvalue weighted by Crippen LogP contribution is 2.22. The maximum absolute atomic E-state index is 12.8. The molecule has 0 radical (unpaired) electrons. The van der Waals surface area contributed by atoms with E-state index in [-0.39, 0.29) is 17.2 Å². The Morgan fingerprint density at radius 2 is 2.21 bits per heavy atom. The molecule has 0 saturated carbocycles. The molecule has 0 unspecified atom stereocenters. The van der Waals surface area contributed by atoms with Gasteiger partial charge in [0.05, 0.1) is 16.7 Å². The quantitative estimate of drug-likeness (QED) is 0.513. The zero-order valence-corrected chi connectivity index (χ0v) is 16.5. The van der Waals surface area contributed by atoms with E-state index in [0.29, 0.717) is 42.0 Å². The van der Waals surface area contributed by atoms with Crippen molar-refractivity contribution in [3.05, 3.63) is 47.3 Å². The molecule has 9 heteroatoms. The number of allylic oxidation sites excluding steroid dienone is 1. The van der Waals surface area contributed by atoms with Crippen molar-refractivity contribution in [1.82, 2.24) is 29.4 Å². The lowest BCUT2D eigenvalue weighted by atomic mass is 10.2. The van der Waals surface area contributed by atoms with Crippen LogP contribution < -0.4 is 10.9 Å². The number of para-hydroxylation sites is 1. The SMILES string of the molecule is C=CCn1c(=O)c2ccccc2n2c(SCC(=O)N3CCN[C@H](C)C3)nnc12. The number of rotatable bonds is 5. The van der Waals surface area contributed by atoms with E-state index >= 15 is 0 Å². The third-order valence-corrected chi connectivity index (χ3v) is 5.75. The first-order valence-electron chi connectivity index (χ1n) is 9.21. The van der Waals surface area contributed by atoms with Crippen LogP contribution in [0.3, 0.4) is 0 Å². The van der Waals surface area contributed by atoms with Crippen LogP contribution in [0.4, 0.5) is 0 Å². The van der Waals surface area contributed by atoms with Crippen molar-refractivity contribution in [2.45, 2.75) is 24.7 Å². The van der Waals surface area contributed by atoms with Crippen LogP contribution in [0.15, 0.2) is 46.9 Å². The van der Waals surface area contributed by atoms with Gasteiger partial charge in [-0.15, -0.1) is 16.8 Å². The van der Waals surface area contributed by atoms with E-state index in [1.165, 1.54) is 11.8 Å². The molecule has 1 atom stereocenters. The molecule has 1 aliphatic heterocycles. The molecule has 8 nitrogen and oxygen atoms in total. The number of hydrogen-bond acceptors (Lipinski definition) is 6. The first-order chi connectivity index (χ1) is 13.6. The molecule has 1 saturated heterocycles. The van der Waals surface area contributed by atoms with Gasteiger partial charge in [-0.25, -0.2) is 0 Å². The fourth-order valence-corrected chi connectivity index (χ4v) is 4.34. The Labute approximate surface area is 166 Å². The maximum atomic E-state index is 12.8. The average molecular weight is 398 g/mol. The van der Waals surface area contributed by atoms with Crippen molar-refractivity contribution in [2.75, 3.05) is 25.4 Å². The lowest BCUT2D eigenvalue weighted by molar-refractivity contribution is -0.129. The Balaban J connectivity index is 1.69. The van der Waals surface area contributed by atoms with Crippen LogP contribution in [-0.2, 0) is 11.3 Å². The van der Waals surface area contributed by atoms with Gasteiger partial charge < -0.3 is 10.2 Å². The highest BCUT2D eigenvalue weighted by Gasteiger charge is 2.22. The fourth-order valence-electron chi connectivity index (χ4n) is 3.50. The van der Waals surface area contributed by atoms with Crippen molar-refractivity contribution < 1.29 is 4.79 Å². The molecule has 1 aliphatic rings. The number of nitrogens with zero attached hydrogens (tertiary/aromatic N) is 5. The van der Waals surface area contributed by atoms with Gasteiger partial charge in [0, 0.05) is 32.2 Å².